The molecular weight excluding hydrogens is 242 g/mol. The van der Waals surface area contributed by atoms with Crippen molar-refractivity contribution in [2.45, 2.75) is 25.4 Å². The van der Waals surface area contributed by atoms with Gasteiger partial charge in [-0.1, -0.05) is 12.1 Å². The number of aliphatic hydroxyl groups excluding tert-OH is 1. The second-order valence-corrected chi connectivity index (χ2v) is 4.96. The fraction of sp³-hybridized carbons (Fsp3) is 0.429. The minimum absolute atomic E-state index is 0.0969. The molecular formula is C14H17N3O2. The summed E-state index contributed by atoms with van der Waals surface area (Å²) in [7, 11) is 0. The average molecular weight is 259 g/mol. The Hall–Kier alpha value is -1.72. The van der Waals surface area contributed by atoms with Crippen LogP contribution in [0, 0.1) is 0 Å². The van der Waals surface area contributed by atoms with Gasteiger partial charge in [0, 0.05) is 12.6 Å². The summed E-state index contributed by atoms with van der Waals surface area (Å²) < 4.78 is 0. The first-order chi connectivity index (χ1) is 9.28. The maximum Gasteiger partial charge on any atom is 0.258 e. The van der Waals surface area contributed by atoms with Gasteiger partial charge in [-0.25, -0.2) is 4.98 Å². The van der Waals surface area contributed by atoms with Gasteiger partial charge in [-0.15, -0.1) is 0 Å². The number of nitrogens with zero attached hydrogens (tertiary/aromatic N) is 2. The summed E-state index contributed by atoms with van der Waals surface area (Å²) in [5.41, 5.74) is 0.626. The van der Waals surface area contributed by atoms with Crippen molar-refractivity contribution in [3.8, 4) is 0 Å². The zero-order chi connectivity index (χ0) is 13.2. The van der Waals surface area contributed by atoms with E-state index in [0.717, 1.165) is 18.4 Å². The van der Waals surface area contributed by atoms with Crippen molar-refractivity contribution >= 4 is 10.9 Å². The zero-order valence-corrected chi connectivity index (χ0v) is 10.7. The second-order valence-electron chi connectivity index (χ2n) is 4.96. The number of nitrogens with one attached hydrogen (secondary N) is 1. The van der Waals surface area contributed by atoms with Gasteiger partial charge < -0.3 is 10.1 Å². The van der Waals surface area contributed by atoms with Gasteiger partial charge in [-0.2, -0.15) is 0 Å². The first-order valence-electron chi connectivity index (χ1n) is 6.61. The lowest BCUT2D eigenvalue weighted by Crippen LogP contribution is -2.30. The largest absolute Gasteiger partial charge is 0.395 e. The summed E-state index contributed by atoms with van der Waals surface area (Å²) in [5.74, 6) is 0.670. The van der Waals surface area contributed by atoms with Gasteiger partial charge in [0.1, 0.15) is 5.82 Å². The normalized spacial score (nSPS) is 15.3. The molecule has 1 aromatic carbocycles. The second kappa shape index (κ2) is 5.11. The van der Waals surface area contributed by atoms with Crippen LogP contribution in [0.3, 0.4) is 0 Å². The summed E-state index contributed by atoms with van der Waals surface area (Å²) in [6.45, 7) is 1.35. The van der Waals surface area contributed by atoms with E-state index in [-0.39, 0.29) is 12.2 Å². The minimum Gasteiger partial charge on any atom is -0.395 e. The Kier molecular flexibility index (Phi) is 3.31. The Labute approximate surface area is 110 Å². The molecule has 0 amide bonds. The van der Waals surface area contributed by atoms with Crippen LogP contribution in [0.5, 0.6) is 0 Å². The van der Waals surface area contributed by atoms with E-state index in [1.54, 1.807) is 6.07 Å². The molecule has 1 aliphatic rings. The lowest BCUT2D eigenvalue weighted by atomic mass is 10.2. The number of aromatic amines is 1. The van der Waals surface area contributed by atoms with Gasteiger partial charge in [0.25, 0.3) is 5.56 Å². The van der Waals surface area contributed by atoms with Crippen molar-refractivity contribution in [2.24, 2.45) is 0 Å². The first kappa shape index (κ1) is 12.3. The highest BCUT2D eigenvalue weighted by atomic mass is 16.3. The number of aliphatic hydroxyl groups is 1. The molecule has 0 spiro atoms. The molecule has 100 valence electrons. The lowest BCUT2D eigenvalue weighted by molar-refractivity contribution is 0.180. The molecule has 1 saturated carbocycles. The smallest absolute Gasteiger partial charge is 0.258 e. The maximum absolute atomic E-state index is 12.0. The Morgan fingerprint density at radius 1 is 1.37 bits per heavy atom. The first-order valence-corrected chi connectivity index (χ1v) is 6.61. The predicted molar refractivity (Wildman–Crippen MR) is 72.9 cm³/mol. The summed E-state index contributed by atoms with van der Waals surface area (Å²) in [5, 5.41) is 9.70. The van der Waals surface area contributed by atoms with Crippen LogP contribution in [-0.2, 0) is 6.54 Å². The maximum atomic E-state index is 12.0. The zero-order valence-electron chi connectivity index (χ0n) is 10.7. The fourth-order valence-corrected chi connectivity index (χ4v) is 2.36. The number of para-hydroxylation sites is 1. The molecule has 0 unspecified atom stereocenters. The number of benzene rings is 1. The number of hydrogen-bond acceptors (Lipinski definition) is 4. The molecule has 0 bridgehead atoms. The van der Waals surface area contributed by atoms with Crippen LogP contribution in [0.4, 0.5) is 0 Å². The molecule has 2 aromatic rings. The third-order valence-electron chi connectivity index (χ3n) is 3.47. The molecule has 0 radical (unpaired) electrons. The molecule has 3 rings (SSSR count). The summed E-state index contributed by atoms with van der Waals surface area (Å²) >= 11 is 0. The van der Waals surface area contributed by atoms with E-state index < -0.39 is 0 Å². The number of hydrogen-bond donors (Lipinski definition) is 2. The van der Waals surface area contributed by atoms with Gasteiger partial charge in [-0.3, -0.25) is 9.69 Å². The summed E-state index contributed by atoms with van der Waals surface area (Å²) in [4.78, 5) is 21.5. The molecule has 19 heavy (non-hydrogen) atoms. The van der Waals surface area contributed by atoms with Gasteiger partial charge in [0.05, 0.1) is 24.1 Å². The van der Waals surface area contributed by atoms with Crippen molar-refractivity contribution in [3.63, 3.8) is 0 Å². The minimum atomic E-state index is -0.0969. The van der Waals surface area contributed by atoms with Crippen LogP contribution in [0.15, 0.2) is 29.1 Å². The van der Waals surface area contributed by atoms with Crippen LogP contribution >= 0.6 is 0 Å². The molecule has 1 fully saturated rings. The van der Waals surface area contributed by atoms with Crippen molar-refractivity contribution < 1.29 is 5.11 Å². The molecule has 0 aliphatic heterocycles. The van der Waals surface area contributed by atoms with Crippen molar-refractivity contribution in [2.75, 3.05) is 13.2 Å². The number of H-pyrrole nitrogens is 1. The highest BCUT2D eigenvalue weighted by Crippen LogP contribution is 2.27. The van der Waals surface area contributed by atoms with Crippen LogP contribution in [0.25, 0.3) is 10.9 Å². The monoisotopic (exact) mass is 259 g/mol. The molecule has 5 heteroatoms. The van der Waals surface area contributed by atoms with Crippen LogP contribution in [-0.4, -0.2) is 39.2 Å². The van der Waals surface area contributed by atoms with E-state index in [2.05, 4.69) is 14.9 Å². The quantitative estimate of drug-likeness (QED) is 0.836. The Morgan fingerprint density at radius 2 is 2.16 bits per heavy atom. The molecule has 0 atom stereocenters. The van der Waals surface area contributed by atoms with E-state index in [1.807, 2.05) is 18.2 Å². The van der Waals surface area contributed by atoms with Crippen molar-refractivity contribution in [1.29, 1.82) is 0 Å². The Balaban J connectivity index is 1.90. The van der Waals surface area contributed by atoms with Crippen molar-refractivity contribution in [1.82, 2.24) is 14.9 Å². The molecule has 1 heterocycles. The highest BCUT2D eigenvalue weighted by Gasteiger charge is 2.28. The summed E-state index contributed by atoms with van der Waals surface area (Å²) in [6, 6.07) is 7.87. The van der Waals surface area contributed by atoms with Gasteiger partial charge in [-0.05, 0) is 25.0 Å². The molecule has 5 nitrogen and oxygen atoms in total. The topological polar surface area (TPSA) is 69.2 Å². The third-order valence-corrected chi connectivity index (χ3v) is 3.47. The Morgan fingerprint density at radius 3 is 2.89 bits per heavy atom. The standard InChI is InChI=1S/C14H17N3O2/c18-8-7-17(10-5-6-10)9-13-15-12-4-2-1-3-11(12)14(19)16-13/h1-4,10,18H,5-9H2,(H,15,16,19). The predicted octanol–water partition coefficient (Wildman–Crippen LogP) is 0.880. The Bertz CT molecular complexity index is 634. The molecule has 1 aromatic heterocycles. The van der Waals surface area contributed by atoms with Crippen LogP contribution in [0.2, 0.25) is 0 Å². The molecule has 2 N–H and O–H groups in total. The highest BCUT2D eigenvalue weighted by molar-refractivity contribution is 5.77. The fourth-order valence-electron chi connectivity index (χ4n) is 2.36. The van der Waals surface area contributed by atoms with Gasteiger partial charge in [0.2, 0.25) is 0 Å². The van der Waals surface area contributed by atoms with Crippen molar-refractivity contribution in [3.05, 3.63) is 40.4 Å². The van der Waals surface area contributed by atoms with Gasteiger partial charge >= 0.3 is 0 Å². The van der Waals surface area contributed by atoms with Gasteiger partial charge in [0.15, 0.2) is 0 Å². The molecule has 1 aliphatic carbocycles. The summed E-state index contributed by atoms with van der Waals surface area (Å²) in [6.07, 6.45) is 2.33. The molecule has 0 saturated heterocycles. The van der Waals surface area contributed by atoms with E-state index in [0.29, 0.717) is 30.3 Å². The van der Waals surface area contributed by atoms with E-state index >= 15 is 0 Å². The van der Waals surface area contributed by atoms with E-state index in [9.17, 15) is 4.79 Å². The van der Waals surface area contributed by atoms with Crippen LogP contribution in [0.1, 0.15) is 18.7 Å². The number of fused-ring (bicyclic) bond motifs is 1. The van der Waals surface area contributed by atoms with E-state index in [1.165, 1.54) is 0 Å². The number of rotatable bonds is 5. The lowest BCUT2D eigenvalue weighted by Gasteiger charge is -2.19. The SMILES string of the molecule is O=c1[nH]c(CN(CCO)C2CC2)nc2ccccc12. The number of aromatic nitrogens is 2. The van der Waals surface area contributed by atoms with Crippen LogP contribution < -0.4 is 5.56 Å². The third kappa shape index (κ3) is 2.67. The van der Waals surface area contributed by atoms with E-state index in [4.69, 9.17) is 5.11 Å². The average Bonchev–Trinajstić information content (AvgIpc) is 3.23.